The van der Waals surface area contributed by atoms with Gasteiger partial charge >= 0.3 is 0 Å². The Hall–Kier alpha value is -1.83. The fourth-order valence-electron chi connectivity index (χ4n) is 6.92. The number of ketones is 1. The Labute approximate surface area is 262 Å². The highest BCUT2D eigenvalue weighted by molar-refractivity contribution is 6.99. The molecule has 1 aliphatic heterocycles. The Morgan fingerprint density at radius 2 is 1.51 bits per heavy atom. The zero-order valence-corrected chi connectivity index (χ0v) is 29.5. The second kappa shape index (κ2) is 14.5. The number of benzene rings is 2. The molecule has 5 nitrogen and oxygen atoms in total. The Morgan fingerprint density at radius 3 is 1.98 bits per heavy atom. The van der Waals surface area contributed by atoms with Crippen molar-refractivity contribution in [3.63, 3.8) is 0 Å². The van der Waals surface area contributed by atoms with Crippen molar-refractivity contribution in [1.82, 2.24) is 0 Å². The summed E-state index contributed by atoms with van der Waals surface area (Å²) in [6.07, 6.45) is 3.04. The highest BCUT2D eigenvalue weighted by Gasteiger charge is 2.51. The van der Waals surface area contributed by atoms with Gasteiger partial charge in [-0.05, 0) is 67.8 Å². The molecule has 240 valence electrons. The number of hydrogen-bond donors (Lipinski definition) is 1. The van der Waals surface area contributed by atoms with E-state index >= 15 is 0 Å². The minimum Gasteiger partial charge on any atom is -0.405 e. The van der Waals surface area contributed by atoms with Gasteiger partial charge in [-0.2, -0.15) is 0 Å². The number of aliphatic hydroxyl groups excluding tert-OH is 1. The van der Waals surface area contributed by atoms with Gasteiger partial charge in [-0.15, -0.1) is 0 Å². The zero-order valence-electron chi connectivity index (χ0n) is 28.5. The van der Waals surface area contributed by atoms with Crippen molar-refractivity contribution in [1.29, 1.82) is 0 Å². The van der Waals surface area contributed by atoms with Gasteiger partial charge in [0.15, 0.2) is 5.79 Å². The Kier molecular flexibility index (Phi) is 12.0. The van der Waals surface area contributed by atoms with E-state index in [1.807, 2.05) is 34.6 Å². The summed E-state index contributed by atoms with van der Waals surface area (Å²) in [6.45, 7) is 21.5. The SMILES string of the molecule is CCC(C(=O)C(C)(C)[C@@H]1CCOC(C)(C)O1)[C@H](O)[C@@H](C)CCCC(C)O[Si](c1ccccc1)(c1ccccc1)C(C)(C)C. The number of ether oxygens (including phenoxy) is 2. The smallest absolute Gasteiger partial charge is 0.261 e. The molecule has 1 saturated heterocycles. The fourth-order valence-corrected chi connectivity index (χ4v) is 11.7. The van der Waals surface area contributed by atoms with Crippen LogP contribution in [0.25, 0.3) is 0 Å². The lowest BCUT2D eigenvalue weighted by Crippen LogP contribution is -2.67. The van der Waals surface area contributed by atoms with Gasteiger partial charge in [0.1, 0.15) is 5.78 Å². The van der Waals surface area contributed by atoms with Crippen molar-refractivity contribution < 1.29 is 23.8 Å². The first-order valence-corrected chi connectivity index (χ1v) is 18.3. The molecule has 43 heavy (non-hydrogen) atoms. The van der Waals surface area contributed by atoms with Crippen LogP contribution in [0.2, 0.25) is 5.04 Å². The van der Waals surface area contributed by atoms with Crippen LogP contribution in [-0.4, -0.2) is 49.9 Å². The molecule has 1 heterocycles. The van der Waals surface area contributed by atoms with Crippen LogP contribution in [0.1, 0.15) is 101 Å². The maximum absolute atomic E-state index is 13.9. The molecule has 0 spiro atoms. The van der Waals surface area contributed by atoms with Crippen molar-refractivity contribution in [2.45, 2.75) is 130 Å². The number of carbonyl (C=O) groups is 1. The lowest BCUT2D eigenvalue weighted by molar-refractivity contribution is -0.289. The fraction of sp³-hybridized carbons (Fsp3) is 0.649. The van der Waals surface area contributed by atoms with E-state index in [1.165, 1.54) is 10.4 Å². The number of aliphatic hydroxyl groups is 1. The molecule has 0 bridgehead atoms. The minimum atomic E-state index is -2.61. The van der Waals surface area contributed by atoms with Crippen molar-refractivity contribution in [3.8, 4) is 0 Å². The van der Waals surface area contributed by atoms with Crippen LogP contribution in [-0.2, 0) is 18.7 Å². The van der Waals surface area contributed by atoms with E-state index in [0.29, 0.717) is 19.4 Å². The molecule has 5 atom stereocenters. The minimum absolute atomic E-state index is 0.00295. The molecule has 1 N–H and O–H groups in total. The van der Waals surface area contributed by atoms with Gasteiger partial charge < -0.3 is 19.0 Å². The third-order valence-electron chi connectivity index (χ3n) is 9.53. The molecule has 0 saturated carbocycles. The highest BCUT2D eigenvalue weighted by Crippen LogP contribution is 2.40. The van der Waals surface area contributed by atoms with Gasteiger partial charge in [-0.3, -0.25) is 4.79 Å². The summed E-state index contributed by atoms with van der Waals surface area (Å²) < 4.78 is 19.1. The van der Waals surface area contributed by atoms with Crippen molar-refractivity contribution in [2.75, 3.05) is 6.61 Å². The topological polar surface area (TPSA) is 65.0 Å². The van der Waals surface area contributed by atoms with Gasteiger partial charge in [-0.25, -0.2) is 0 Å². The van der Waals surface area contributed by atoms with Crippen LogP contribution in [0.5, 0.6) is 0 Å². The Balaban J connectivity index is 1.68. The third-order valence-corrected chi connectivity index (χ3v) is 14.7. The third kappa shape index (κ3) is 8.26. The van der Waals surface area contributed by atoms with E-state index in [0.717, 1.165) is 19.3 Å². The molecule has 2 aromatic rings. The zero-order chi connectivity index (χ0) is 32.1. The summed E-state index contributed by atoms with van der Waals surface area (Å²) in [7, 11) is -2.61. The normalized spacial score (nSPS) is 20.7. The summed E-state index contributed by atoms with van der Waals surface area (Å²) in [5.41, 5.74) is -0.708. The van der Waals surface area contributed by atoms with E-state index in [4.69, 9.17) is 13.9 Å². The van der Waals surface area contributed by atoms with E-state index in [2.05, 4.69) is 95.3 Å². The van der Waals surface area contributed by atoms with Gasteiger partial charge in [0.2, 0.25) is 0 Å². The van der Waals surface area contributed by atoms with Gasteiger partial charge in [-0.1, -0.05) is 116 Å². The first kappa shape index (κ1) is 35.6. The summed E-state index contributed by atoms with van der Waals surface area (Å²) in [5, 5.41) is 14.0. The van der Waals surface area contributed by atoms with Gasteiger partial charge in [0, 0.05) is 12.0 Å². The van der Waals surface area contributed by atoms with Gasteiger partial charge in [0.05, 0.1) is 24.2 Å². The predicted molar refractivity (Wildman–Crippen MR) is 179 cm³/mol. The predicted octanol–water partition coefficient (Wildman–Crippen LogP) is 7.28. The van der Waals surface area contributed by atoms with Crippen LogP contribution >= 0.6 is 0 Å². The van der Waals surface area contributed by atoms with Crippen LogP contribution < -0.4 is 10.4 Å². The average Bonchev–Trinajstić information content (AvgIpc) is 2.95. The molecule has 3 rings (SSSR count). The van der Waals surface area contributed by atoms with Gasteiger partial charge in [0.25, 0.3) is 8.32 Å². The summed E-state index contributed by atoms with van der Waals surface area (Å²) >= 11 is 0. The molecule has 0 aliphatic carbocycles. The Bertz CT molecular complexity index is 1100. The molecule has 2 aromatic carbocycles. The largest absolute Gasteiger partial charge is 0.405 e. The van der Waals surface area contributed by atoms with E-state index < -0.39 is 31.5 Å². The number of Topliss-reactive ketones (excluding diaryl/α,β-unsaturated/α-hetero) is 1. The first-order chi connectivity index (χ1) is 20.1. The van der Waals surface area contributed by atoms with Crippen LogP contribution in [0.3, 0.4) is 0 Å². The first-order valence-electron chi connectivity index (χ1n) is 16.4. The average molecular weight is 611 g/mol. The van der Waals surface area contributed by atoms with Crippen molar-refractivity contribution in [2.24, 2.45) is 17.3 Å². The van der Waals surface area contributed by atoms with Crippen molar-refractivity contribution in [3.05, 3.63) is 60.7 Å². The van der Waals surface area contributed by atoms with E-state index in [-0.39, 0.29) is 28.9 Å². The molecule has 0 aromatic heterocycles. The van der Waals surface area contributed by atoms with Crippen molar-refractivity contribution >= 4 is 24.5 Å². The molecule has 1 aliphatic rings. The highest BCUT2D eigenvalue weighted by atomic mass is 28.4. The lowest BCUT2D eigenvalue weighted by Gasteiger charge is -2.45. The summed E-state index contributed by atoms with van der Waals surface area (Å²) in [5.74, 6) is -1.05. The number of carbonyl (C=O) groups excluding carboxylic acids is 1. The standard InChI is InChI=1S/C37H58O5Si/c1-11-31(34(39)36(7,8)32-25-26-40-37(9,10)41-32)33(38)27(2)19-18-20-28(3)42-43(35(4,5)6,29-21-14-12-15-22-29)30-23-16-13-17-24-30/h12-17,21-24,27-28,31-33,38H,11,18-20,25-26H2,1-10H3/t27-,28?,31?,32-,33+/m0/s1. The molecular weight excluding hydrogens is 552 g/mol. The Morgan fingerprint density at radius 1 is 0.977 bits per heavy atom. The van der Waals surface area contributed by atoms with E-state index in [9.17, 15) is 9.90 Å². The molecular formula is C37H58O5Si. The second-order valence-corrected chi connectivity index (χ2v) is 19.0. The number of rotatable bonds is 14. The summed E-state index contributed by atoms with van der Waals surface area (Å²) in [4.78, 5) is 13.9. The number of hydrogen-bond acceptors (Lipinski definition) is 5. The van der Waals surface area contributed by atoms with Crippen LogP contribution in [0, 0.1) is 17.3 Å². The monoisotopic (exact) mass is 610 g/mol. The van der Waals surface area contributed by atoms with E-state index in [1.54, 1.807) is 0 Å². The van der Waals surface area contributed by atoms with Crippen LogP contribution in [0.4, 0.5) is 0 Å². The molecule has 0 amide bonds. The molecule has 0 radical (unpaired) electrons. The van der Waals surface area contributed by atoms with Crippen LogP contribution in [0.15, 0.2) is 60.7 Å². The second-order valence-electron chi connectivity index (χ2n) is 14.7. The molecule has 1 fully saturated rings. The molecule has 6 heteroatoms. The quantitative estimate of drug-likeness (QED) is 0.228. The maximum Gasteiger partial charge on any atom is 0.261 e. The lowest BCUT2D eigenvalue weighted by atomic mass is 9.71. The maximum atomic E-state index is 13.9. The molecule has 2 unspecified atom stereocenters. The summed E-state index contributed by atoms with van der Waals surface area (Å²) in [6, 6.07) is 21.5.